The summed E-state index contributed by atoms with van der Waals surface area (Å²) < 4.78 is 0. The second-order valence-corrected chi connectivity index (χ2v) is 23.4. The van der Waals surface area contributed by atoms with Gasteiger partial charge in [-0.15, -0.1) is 0 Å². The van der Waals surface area contributed by atoms with Gasteiger partial charge in [-0.1, -0.05) is 201 Å². The van der Waals surface area contributed by atoms with Gasteiger partial charge in [0.05, 0.1) is 0 Å². The molecule has 0 saturated carbocycles. The van der Waals surface area contributed by atoms with Crippen LogP contribution in [-0.4, -0.2) is 0 Å². The maximum absolute atomic E-state index is 2.49. The van der Waals surface area contributed by atoms with E-state index in [1.54, 1.807) is 0 Å². The van der Waals surface area contributed by atoms with Crippen molar-refractivity contribution < 1.29 is 0 Å². The van der Waals surface area contributed by atoms with Crippen molar-refractivity contribution in [1.82, 2.24) is 0 Å². The number of hydrogen-bond acceptors (Lipinski definition) is 2. The van der Waals surface area contributed by atoms with Gasteiger partial charge in [-0.25, -0.2) is 0 Å². The summed E-state index contributed by atoms with van der Waals surface area (Å²) in [6.07, 6.45) is 0. The van der Waals surface area contributed by atoms with Gasteiger partial charge in [0.1, 0.15) is 0 Å². The molecule has 4 aliphatic carbocycles. The van der Waals surface area contributed by atoms with Crippen LogP contribution in [0.3, 0.4) is 0 Å². The number of hydrogen-bond donors (Lipinski definition) is 0. The van der Waals surface area contributed by atoms with Gasteiger partial charge in [0.2, 0.25) is 0 Å². The fraction of sp³-hybridized carbons (Fsp3) is 0.167. The average molecular weight is 953 g/mol. The Kier molecular flexibility index (Phi) is 9.41. The molecule has 4 aliphatic rings. The van der Waals surface area contributed by atoms with E-state index in [4.69, 9.17) is 0 Å². The Morgan fingerprint density at radius 3 is 0.703 bits per heavy atom. The van der Waals surface area contributed by atoms with Crippen LogP contribution in [0.2, 0.25) is 0 Å². The Balaban J connectivity index is 0.915. The lowest BCUT2D eigenvalue weighted by Crippen LogP contribution is -2.18. The second kappa shape index (κ2) is 15.7. The Morgan fingerprint density at radius 2 is 0.432 bits per heavy atom. The Bertz CT molecular complexity index is 3520. The first-order valence-electron chi connectivity index (χ1n) is 26.5. The van der Waals surface area contributed by atoms with Crippen molar-refractivity contribution in [3.63, 3.8) is 0 Å². The third kappa shape index (κ3) is 6.30. The zero-order valence-corrected chi connectivity index (χ0v) is 43.7. The largest absolute Gasteiger partial charge is 0.310 e. The minimum atomic E-state index is -0.138. The highest BCUT2D eigenvalue weighted by molar-refractivity contribution is 5.92. The minimum Gasteiger partial charge on any atom is -0.310 e. The van der Waals surface area contributed by atoms with Crippen LogP contribution in [0, 0.1) is 0 Å². The van der Waals surface area contributed by atoms with Crippen LogP contribution in [0.5, 0.6) is 0 Å². The number of benzene rings is 10. The predicted molar refractivity (Wildman–Crippen MR) is 312 cm³/mol. The summed E-state index contributed by atoms with van der Waals surface area (Å²) in [5, 5.41) is 0. The van der Waals surface area contributed by atoms with E-state index in [0.717, 1.165) is 45.3 Å². The molecular formula is C72H60N2. The van der Waals surface area contributed by atoms with Gasteiger partial charge in [-0.05, 0) is 173 Å². The summed E-state index contributed by atoms with van der Waals surface area (Å²) in [6.45, 7) is 19.0. The molecule has 0 fully saturated rings. The van der Waals surface area contributed by atoms with E-state index >= 15 is 0 Å². The zero-order chi connectivity index (χ0) is 50.5. The molecule has 0 saturated heterocycles. The lowest BCUT2D eigenvalue weighted by molar-refractivity contribution is 0.659. The summed E-state index contributed by atoms with van der Waals surface area (Å²) in [5.74, 6) is 0. The fourth-order valence-electron chi connectivity index (χ4n) is 13.9. The maximum Gasteiger partial charge on any atom is 0.0467 e. The molecule has 0 amide bonds. The molecule has 0 unspecified atom stereocenters. The summed E-state index contributed by atoms with van der Waals surface area (Å²) in [5.41, 5.74) is 30.2. The molecule has 74 heavy (non-hydrogen) atoms. The summed E-state index contributed by atoms with van der Waals surface area (Å²) in [4.78, 5) is 4.99. The van der Waals surface area contributed by atoms with Gasteiger partial charge in [0, 0.05) is 55.8 Å². The van der Waals surface area contributed by atoms with Crippen molar-refractivity contribution >= 4 is 34.1 Å². The Labute approximate surface area is 437 Å². The molecule has 10 aromatic rings. The van der Waals surface area contributed by atoms with Crippen molar-refractivity contribution in [2.45, 2.75) is 77.0 Å². The molecule has 0 aliphatic heterocycles. The molecule has 14 rings (SSSR count). The van der Waals surface area contributed by atoms with Crippen molar-refractivity contribution in [3.05, 3.63) is 263 Å². The summed E-state index contributed by atoms with van der Waals surface area (Å²) >= 11 is 0. The third-order valence-corrected chi connectivity index (χ3v) is 17.8. The molecule has 0 heterocycles. The molecule has 10 aromatic carbocycles. The van der Waals surface area contributed by atoms with Gasteiger partial charge in [-0.2, -0.15) is 0 Å². The molecule has 0 atom stereocenters. The summed E-state index contributed by atoms with van der Waals surface area (Å²) in [7, 11) is 0. The van der Waals surface area contributed by atoms with E-state index < -0.39 is 0 Å². The summed E-state index contributed by atoms with van der Waals surface area (Å²) in [6, 6.07) is 82.8. The monoisotopic (exact) mass is 952 g/mol. The second-order valence-electron chi connectivity index (χ2n) is 23.4. The highest BCUT2D eigenvalue weighted by Crippen LogP contribution is 2.56. The van der Waals surface area contributed by atoms with Crippen LogP contribution in [0.1, 0.15) is 99.9 Å². The van der Waals surface area contributed by atoms with Crippen molar-refractivity contribution in [3.8, 4) is 55.6 Å². The molecule has 0 bridgehead atoms. The van der Waals surface area contributed by atoms with E-state index in [9.17, 15) is 0 Å². The van der Waals surface area contributed by atoms with Gasteiger partial charge in [0.25, 0.3) is 0 Å². The van der Waals surface area contributed by atoms with E-state index in [1.165, 1.54) is 89.0 Å². The van der Waals surface area contributed by atoms with Crippen molar-refractivity contribution in [2.75, 3.05) is 9.80 Å². The zero-order valence-electron chi connectivity index (χ0n) is 43.7. The van der Waals surface area contributed by atoms with E-state index in [2.05, 4.69) is 284 Å². The van der Waals surface area contributed by atoms with Crippen LogP contribution < -0.4 is 9.80 Å². The molecule has 358 valence electrons. The predicted octanol–water partition coefficient (Wildman–Crippen LogP) is 19.5. The van der Waals surface area contributed by atoms with Crippen LogP contribution >= 0.6 is 0 Å². The molecule has 0 radical (unpaired) electrons. The lowest BCUT2D eigenvalue weighted by Gasteiger charge is -2.30. The molecule has 0 aromatic heterocycles. The average Bonchev–Trinajstić information content (AvgIpc) is 3.99. The normalized spacial score (nSPS) is 15.7. The maximum atomic E-state index is 2.49. The first-order chi connectivity index (χ1) is 35.7. The lowest BCUT2D eigenvalue weighted by atomic mass is 9.82. The van der Waals surface area contributed by atoms with Gasteiger partial charge < -0.3 is 9.80 Å². The topological polar surface area (TPSA) is 6.48 Å². The van der Waals surface area contributed by atoms with Crippen LogP contribution in [-0.2, 0) is 21.7 Å². The van der Waals surface area contributed by atoms with Gasteiger partial charge in [-0.3, -0.25) is 0 Å². The highest BCUT2D eigenvalue weighted by atomic mass is 15.1. The van der Waals surface area contributed by atoms with E-state index in [0.29, 0.717) is 0 Å². The smallest absolute Gasteiger partial charge is 0.0467 e. The quantitative estimate of drug-likeness (QED) is 0.157. The fourth-order valence-corrected chi connectivity index (χ4v) is 13.9. The standard InChI is InChI=1S/C72H60N2/c1-69(2)61-27-13-9-23-53(61)57-35-31-49(41-65(57)69)73(50-32-36-58-54-24-10-14-28-62(54)70(3,4)66(58)42-50)47-21-17-19-45(39-47)46-20-18-22-48(40-46)74(51-33-37-59-55-25-11-15-29-63(55)71(5,6)67(59)43-51)52-34-38-60-56-26-12-16-30-64(56)72(7,8)68(60)44-52/h9-44H,1-8H3. The number of nitrogens with zero attached hydrogens (tertiary/aromatic N) is 2. The van der Waals surface area contributed by atoms with Crippen molar-refractivity contribution in [2.24, 2.45) is 0 Å². The van der Waals surface area contributed by atoms with Crippen LogP contribution in [0.4, 0.5) is 34.1 Å². The van der Waals surface area contributed by atoms with Gasteiger partial charge >= 0.3 is 0 Å². The highest BCUT2D eigenvalue weighted by Gasteiger charge is 2.40. The molecular weight excluding hydrogens is 893 g/mol. The number of anilines is 6. The number of fused-ring (bicyclic) bond motifs is 12. The first-order valence-corrected chi connectivity index (χ1v) is 26.5. The van der Waals surface area contributed by atoms with Crippen LogP contribution in [0.15, 0.2) is 218 Å². The minimum absolute atomic E-state index is 0.138. The number of rotatable bonds is 7. The third-order valence-electron chi connectivity index (χ3n) is 17.8. The Morgan fingerprint density at radius 1 is 0.203 bits per heavy atom. The van der Waals surface area contributed by atoms with Crippen LogP contribution in [0.25, 0.3) is 55.6 Å². The molecule has 0 spiro atoms. The van der Waals surface area contributed by atoms with E-state index in [1.807, 2.05) is 0 Å². The van der Waals surface area contributed by atoms with E-state index in [-0.39, 0.29) is 21.7 Å². The first kappa shape index (κ1) is 44.5. The van der Waals surface area contributed by atoms with Crippen molar-refractivity contribution in [1.29, 1.82) is 0 Å². The molecule has 2 nitrogen and oxygen atoms in total. The molecule has 2 heteroatoms. The Hall–Kier alpha value is -8.20. The SMILES string of the molecule is CC1(C)c2ccccc2-c2ccc(N(c3cccc(-c4cccc(N(c5ccc6c(c5)C(C)(C)c5ccccc5-6)c5ccc6c(c5)C(C)(C)c5ccccc5-6)c4)c3)c3ccc4c(c3)C(C)(C)c3ccccc3-4)cc21. The van der Waals surface area contributed by atoms with Gasteiger partial charge in [0.15, 0.2) is 0 Å². The molecule has 0 N–H and O–H groups in total.